The predicted octanol–water partition coefficient (Wildman–Crippen LogP) is 20.7. The first-order chi connectivity index (χ1) is 17.5. The van der Waals surface area contributed by atoms with E-state index in [0.29, 0.717) is 12.8 Å². The van der Waals surface area contributed by atoms with Gasteiger partial charge in [0.1, 0.15) is 5.78 Å². The van der Waals surface area contributed by atoms with Gasteiger partial charge in [0, 0.05) is 70.0 Å². The van der Waals surface area contributed by atoms with Crippen molar-refractivity contribution in [3.8, 4) is 0 Å². The van der Waals surface area contributed by atoms with Crippen LogP contribution in [0.2, 0.25) is 0 Å². The molecule has 0 aromatic carbocycles. The third kappa shape index (κ3) is 2380. The summed E-state index contributed by atoms with van der Waals surface area (Å²) in [6.07, 6.45) is 2.60. The SMILES string of the molecule is C.C.C.C.C.C.C.C.C.C.C.CC.CC.CC.CC.CC.CC.CC.CC.CC.CC.CC.CC.CC(=O)CCC=C(C)[O-].CN=S.[Ac].[CH3-]. The zero-order valence-electron chi connectivity index (χ0n) is 33.2. The summed E-state index contributed by atoms with van der Waals surface area (Å²) in [5, 5.41) is 10.3. The van der Waals surface area contributed by atoms with Crippen molar-refractivity contribution in [3.63, 3.8) is 0 Å². The maximum atomic E-state index is 10.3. The summed E-state index contributed by atoms with van der Waals surface area (Å²) in [6.45, 7) is 51.0. The molecule has 0 fully saturated rings. The molecule has 3 nitrogen and oxygen atoms in total. The summed E-state index contributed by atoms with van der Waals surface area (Å²) in [7, 11) is 1.56. The van der Waals surface area contributed by atoms with Crippen molar-refractivity contribution < 1.29 is 54.0 Å². The standard InChI is InChI=1S/C7H12O2.12C2H6.CH3NS.11CH4.CH3.Ac/c1-6(8)4-3-5-7(2)9;12*1-2;1-2-3;;;;;;;;;;;;;/h4,8H,3,5H2,1-2H3;12*1-2H3;1H3;11*1H4;1H3;/q;;;;;;;;;;;;;;;;;;;;;;;;;-1;/p-1. The van der Waals surface area contributed by atoms with Crippen molar-refractivity contribution in [1.82, 2.24) is 0 Å². The van der Waals surface area contributed by atoms with E-state index in [1.54, 1.807) is 7.05 Å². The van der Waals surface area contributed by atoms with Gasteiger partial charge >= 0.3 is 0 Å². The Morgan fingerprint density at radius 1 is 0.469 bits per heavy atom. The number of carbonyl (C=O) groups is 1. The molecule has 5 heteroatoms. The molecule has 0 saturated heterocycles. The van der Waals surface area contributed by atoms with Gasteiger partial charge < -0.3 is 17.3 Å². The first kappa shape index (κ1) is 229. The van der Waals surface area contributed by atoms with Gasteiger partial charge in [-0.2, -0.15) is 0 Å². The maximum Gasteiger partial charge on any atom is 0.130 e. The van der Waals surface area contributed by atoms with Gasteiger partial charge in [-0.1, -0.05) is 261 Å². The molecule has 0 atom stereocenters. The van der Waals surface area contributed by atoms with E-state index in [9.17, 15) is 9.90 Å². The first-order valence-corrected chi connectivity index (χ1v) is 16.0. The summed E-state index contributed by atoms with van der Waals surface area (Å²) in [6, 6.07) is 0. The van der Waals surface area contributed by atoms with Gasteiger partial charge in [0.15, 0.2) is 0 Å². The summed E-state index contributed by atoms with van der Waals surface area (Å²) < 4.78 is 3.08. The molecule has 0 spiro atoms. The maximum absolute atomic E-state index is 10.3. The van der Waals surface area contributed by atoms with E-state index in [-0.39, 0.29) is 145 Å². The predicted molar refractivity (Wildman–Crippen MR) is 266 cm³/mol. The number of Topliss-reactive ketones (excluding diaryl/α,β-unsaturated/α-hetero) is 1. The van der Waals surface area contributed by atoms with E-state index in [2.05, 4.69) is 16.8 Å². The van der Waals surface area contributed by atoms with Crippen molar-refractivity contribution in [1.29, 1.82) is 0 Å². The molecule has 49 heavy (non-hydrogen) atoms. The van der Waals surface area contributed by atoms with Crippen LogP contribution < -0.4 is 5.11 Å². The fourth-order valence-electron chi connectivity index (χ4n) is 0.479. The molecular weight excluding hydrogens is 834 g/mol. The van der Waals surface area contributed by atoms with Crippen LogP contribution in [0.15, 0.2) is 16.2 Å². The third-order valence-corrected chi connectivity index (χ3v) is 0.928. The van der Waals surface area contributed by atoms with Crippen LogP contribution in [-0.4, -0.2) is 12.8 Å². The fourth-order valence-corrected chi connectivity index (χ4v) is 0.479. The molecule has 0 aromatic rings. The van der Waals surface area contributed by atoms with Crippen LogP contribution in [0.3, 0.4) is 0 Å². The summed E-state index contributed by atoms with van der Waals surface area (Å²) in [5.41, 5.74) is 0. The van der Waals surface area contributed by atoms with Gasteiger partial charge in [-0.05, 0) is 13.3 Å². The van der Waals surface area contributed by atoms with Gasteiger partial charge in [-0.3, -0.25) is 0 Å². The third-order valence-electron chi connectivity index (χ3n) is 0.928. The average Bonchev–Trinajstić information content (AvgIpc) is 3.01. The van der Waals surface area contributed by atoms with Gasteiger partial charge in [0.05, 0.1) is 0 Å². The van der Waals surface area contributed by atoms with Crippen LogP contribution in [0, 0.1) is 51.5 Å². The van der Waals surface area contributed by atoms with Crippen LogP contribution >= 0.6 is 0 Å². The molecule has 0 saturated carbocycles. The number of rotatable bonds is 3. The molecule has 0 aromatic heterocycles. The largest absolute Gasteiger partial charge is 0.876 e. The minimum absolute atomic E-state index is 0. The molecule has 0 N–H and O–H groups in total. The average molecular weight is 968 g/mol. The minimum atomic E-state index is 0. The smallest absolute Gasteiger partial charge is 0.130 e. The summed E-state index contributed by atoms with van der Waals surface area (Å²) in [5.74, 6) is 0.170. The number of hydrogen-bond donors (Lipinski definition) is 0. The van der Waals surface area contributed by atoms with Crippen LogP contribution in [0.1, 0.15) is 275 Å². The first-order valence-electron chi connectivity index (χ1n) is 15.6. The summed E-state index contributed by atoms with van der Waals surface area (Å²) in [4.78, 5) is 10.3. The molecular formula is C44H133AcNO2S-2. The van der Waals surface area contributed by atoms with E-state index in [0.717, 1.165) is 0 Å². The Morgan fingerprint density at radius 3 is 0.633 bits per heavy atom. The van der Waals surface area contributed by atoms with Crippen LogP contribution in [0.25, 0.3) is 0 Å². The number of hydrogen-bond acceptors (Lipinski definition) is 4. The van der Waals surface area contributed by atoms with E-state index >= 15 is 0 Å². The normalized spacial score (nSPS) is 3.86. The molecule has 0 aliphatic heterocycles. The van der Waals surface area contributed by atoms with Crippen LogP contribution in [-0.2, 0) is 17.2 Å². The number of ketones is 1. The zero-order chi connectivity index (χ0) is 34.0. The second-order valence-corrected chi connectivity index (χ2v) is 2.60. The van der Waals surface area contributed by atoms with Gasteiger partial charge in [0.2, 0.25) is 0 Å². The van der Waals surface area contributed by atoms with Crippen molar-refractivity contribution in [2.45, 2.75) is 275 Å². The number of nitrogens with zero attached hydrogens (tertiary/aromatic N) is 1. The number of allylic oxidation sites excluding steroid dienone is 2. The van der Waals surface area contributed by atoms with Crippen LogP contribution in [0.4, 0.5) is 0 Å². The molecule has 0 amide bonds. The van der Waals surface area contributed by atoms with E-state index in [1.807, 2.05) is 166 Å². The Bertz CT molecular complexity index is 178. The van der Waals surface area contributed by atoms with Crippen molar-refractivity contribution in [2.24, 2.45) is 4.36 Å². The second-order valence-electron chi connectivity index (χ2n) is 2.24. The zero-order valence-corrected chi connectivity index (χ0v) is 38.8. The molecule has 0 bridgehead atoms. The topological polar surface area (TPSA) is 52.5 Å². The van der Waals surface area contributed by atoms with Crippen molar-refractivity contribution >= 4 is 18.2 Å². The Labute approximate surface area is 374 Å². The fraction of sp³-hybridized carbons (Fsp3) is 0.909. The summed E-state index contributed by atoms with van der Waals surface area (Å²) >= 11 is 4.02. The number of carbonyl (C=O) groups excluding carboxylic acids is 1. The second kappa shape index (κ2) is 971. The Kier molecular flexibility index (Phi) is 4540. The van der Waals surface area contributed by atoms with E-state index < -0.39 is 0 Å². The molecule has 337 valence electrons. The Morgan fingerprint density at radius 2 is 0.571 bits per heavy atom. The molecule has 1 radical (unpaired) electrons. The van der Waals surface area contributed by atoms with Gasteiger partial charge in [-0.15, -0.1) is 5.76 Å². The monoisotopic (exact) mass is 967 g/mol. The quantitative estimate of drug-likeness (QED) is 0.209. The molecule has 0 aliphatic carbocycles. The van der Waals surface area contributed by atoms with Crippen molar-refractivity contribution in [3.05, 3.63) is 19.3 Å². The molecule has 0 unspecified atom stereocenters. The molecule has 0 heterocycles. The van der Waals surface area contributed by atoms with E-state index in [1.165, 1.54) is 19.9 Å². The minimum Gasteiger partial charge on any atom is -0.876 e. The Balaban J connectivity index is -0.00000000439. The van der Waals surface area contributed by atoms with Gasteiger partial charge in [-0.25, -0.2) is 4.36 Å². The van der Waals surface area contributed by atoms with Crippen molar-refractivity contribution in [2.75, 3.05) is 7.05 Å². The van der Waals surface area contributed by atoms with Crippen LogP contribution in [0.5, 0.6) is 0 Å². The molecule has 0 rings (SSSR count). The van der Waals surface area contributed by atoms with Gasteiger partial charge in [0.25, 0.3) is 0 Å². The Hall–Kier alpha value is 0.672. The molecule has 0 aliphatic rings. The van der Waals surface area contributed by atoms with E-state index in [4.69, 9.17) is 0 Å².